The number of nitrogens with zero attached hydrogens (tertiary/aromatic N) is 1. The summed E-state index contributed by atoms with van der Waals surface area (Å²) in [7, 11) is 0. The minimum atomic E-state index is 0.0668. The summed E-state index contributed by atoms with van der Waals surface area (Å²) in [4.78, 5) is 13.7. The van der Waals surface area contributed by atoms with Crippen molar-refractivity contribution in [1.82, 2.24) is 4.90 Å². The predicted octanol–water partition coefficient (Wildman–Crippen LogP) is 2.99. The van der Waals surface area contributed by atoms with Gasteiger partial charge >= 0.3 is 0 Å². The van der Waals surface area contributed by atoms with Crippen LogP contribution in [0, 0.1) is 18.3 Å². The van der Waals surface area contributed by atoms with Gasteiger partial charge in [-0.05, 0) is 24.6 Å². The van der Waals surface area contributed by atoms with Crippen molar-refractivity contribution >= 4 is 21.8 Å². The Labute approximate surface area is 110 Å². The quantitative estimate of drug-likeness (QED) is 0.767. The maximum atomic E-state index is 11.9. The second-order valence-electron chi connectivity index (χ2n) is 4.34. The highest BCUT2D eigenvalue weighted by Gasteiger charge is 2.32. The summed E-state index contributed by atoms with van der Waals surface area (Å²) in [5, 5.41) is 0. The van der Waals surface area contributed by atoms with Gasteiger partial charge in [0, 0.05) is 23.4 Å². The molecular formula is C14H14BrNO. The zero-order valence-corrected chi connectivity index (χ0v) is 11.3. The molecule has 2 unspecified atom stereocenters. The molecule has 88 valence electrons. The molecule has 3 heteroatoms. The number of likely N-dealkylation sites (tertiary alicyclic amines) is 1. The second kappa shape index (κ2) is 4.93. The molecular weight excluding hydrogens is 278 g/mol. The summed E-state index contributed by atoms with van der Waals surface area (Å²) in [5.74, 6) is 2.89. The third-order valence-corrected chi connectivity index (χ3v) is 3.69. The van der Waals surface area contributed by atoms with Gasteiger partial charge in [-0.3, -0.25) is 4.79 Å². The normalized spacial score (nSPS) is 21.4. The fourth-order valence-corrected chi connectivity index (χ4v) is 2.58. The molecule has 0 saturated carbocycles. The van der Waals surface area contributed by atoms with Gasteiger partial charge in [0.1, 0.15) is 0 Å². The molecule has 0 aliphatic carbocycles. The lowest BCUT2D eigenvalue weighted by Gasteiger charge is -2.25. The molecule has 1 aliphatic rings. The van der Waals surface area contributed by atoms with E-state index in [2.05, 4.69) is 21.9 Å². The van der Waals surface area contributed by atoms with Crippen molar-refractivity contribution in [1.29, 1.82) is 0 Å². The highest BCUT2D eigenvalue weighted by atomic mass is 79.9. The summed E-state index contributed by atoms with van der Waals surface area (Å²) in [6.45, 7) is 2.71. The fourth-order valence-electron chi connectivity index (χ4n) is 2.16. The van der Waals surface area contributed by atoms with Gasteiger partial charge in [0.25, 0.3) is 0 Å². The molecule has 1 aromatic rings. The van der Waals surface area contributed by atoms with Gasteiger partial charge in [-0.15, -0.1) is 12.3 Å². The van der Waals surface area contributed by atoms with E-state index in [1.54, 1.807) is 0 Å². The van der Waals surface area contributed by atoms with Crippen LogP contribution in [0.1, 0.15) is 24.9 Å². The Morgan fingerprint density at radius 1 is 1.59 bits per heavy atom. The third kappa shape index (κ3) is 2.53. The molecule has 0 N–H and O–H groups in total. The van der Waals surface area contributed by atoms with Crippen LogP contribution in [-0.4, -0.2) is 17.4 Å². The zero-order chi connectivity index (χ0) is 12.4. The monoisotopic (exact) mass is 291 g/mol. The van der Waals surface area contributed by atoms with E-state index in [1.807, 2.05) is 36.1 Å². The summed E-state index contributed by atoms with van der Waals surface area (Å²) >= 11 is 3.44. The number of terminal acetylenes is 1. The van der Waals surface area contributed by atoms with E-state index in [-0.39, 0.29) is 17.9 Å². The van der Waals surface area contributed by atoms with Crippen molar-refractivity contribution in [3.8, 4) is 12.3 Å². The Hall–Kier alpha value is -1.27. The van der Waals surface area contributed by atoms with Gasteiger partial charge in [0.05, 0.1) is 6.04 Å². The molecule has 1 amide bonds. The average molecular weight is 292 g/mol. The minimum absolute atomic E-state index is 0.0668. The van der Waals surface area contributed by atoms with E-state index >= 15 is 0 Å². The first kappa shape index (κ1) is 12.2. The SMILES string of the molecule is C#CC1CC(=O)N(C(C)c2cccc(Br)c2)C1. The van der Waals surface area contributed by atoms with Crippen molar-refractivity contribution < 1.29 is 4.79 Å². The maximum absolute atomic E-state index is 11.9. The first-order chi connectivity index (χ1) is 8.11. The predicted molar refractivity (Wildman–Crippen MR) is 71.2 cm³/mol. The molecule has 0 spiro atoms. The molecule has 2 nitrogen and oxygen atoms in total. The lowest BCUT2D eigenvalue weighted by molar-refractivity contribution is -0.129. The van der Waals surface area contributed by atoms with Crippen molar-refractivity contribution in [3.63, 3.8) is 0 Å². The van der Waals surface area contributed by atoms with Gasteiger partial charge in [0.15, 0.2) is 0 Å². The van der Waals surface area contributed by atoms with Gasteiger partial charge in [-0.25, -0.2) is 0 Å². The number of benzene rings is 1. The van der Waals surface area contributed by atoms with Crippen LogP contribution >= 0.6 is 15.9 Å². The molecule has 1 heterocycles. The standard InChI is InChI=1S/C14H14BrNO/c1-3-11-7-14(17)16(9-11)10(2)12-5-4-6-13(15)8-12/h1,4-6,8,10-11H,7,9H2,2H3. The molecule has 2 atom stereocenters. The minimum Gasteiger partial charge on any atom is -0.335 e. The van der Waals surface area contributed by atoms with E-state index < -0.39 is 0 Å². The average Bonchev–Trinajstić information content (AvgIpc) is 2.69. The first-order valence-corrected chi connectivity index (χ1v) is 6.42. The summed E-state index contributed by atoms with van der Waals surface area (Å²) in [6, 6.07) is 8.12. The first-order valence-electron chi connectivity index (χ1n) is 5.63. The van der Waals surface area contributed by atoms with E-state index in [0.29, 0.717) is 13.0 Å². The maximum Gasteiger partial charge on any atom is 0.224 e. The molecule has 1 saturated heterocycles. The van der Waals surface area contributed by atoms with Crippen LogP contribution in [0.3, 0.4) is 0 Å². The van der Waals surface area contributed by atoms with Crippen molar-refractivity contribution in [2.24, 2.45) is 5.92 Å². The second-order valence-corrected chi connectivity index (χ2v) is 5.26. The Kier molecular flexibility index (Phi) is 3.54. The molecule has 0 aromatic heterocycles. The molecule has 17 heavy (non-hydrogen) atoms. The number of hydrogen-bond donors (Lipinski definition) is 0. The number of carbonyl (C=O) groups excluding carboxylic acids is 1. The molecule has 1 fully saturated rings. The number of halogens is 1. The molecule has 0 radical (unpaired) electrons. The van der Waals surface area contributed by atoms with Crippen LogP contribution in [0.15, 0.2) is 28.7 Å². The van der Waals surface area contributed by atoms with Crippen LogP contribution in [-0.2, 0) is 4.79 Å². The van der Waals surface area contributed by atoms with Crippen LogP contribution in [0.25, 0.3) is 0 Å². The summed E-state index contributed by atoms with van der Waals surface area (Å²) in [5.41, 5.74) is 1.13. The molecule has 1 aromatic carbocycles. The Morgan fingerprint density at radius 2 is 2.35 bits per heavy atom. The zero-order valence-electron chi connectivity index (χ0n) is 9.69. The van der Waals surface area contributed by atoms with Crippen LogP contribution in [0.5, 0.6) is 0 Å². The number of amides is 1. The molecule has 2 rings (SSSR count). The van der Waals surface area contributed by atoms with E-state index in [1.165, 1.54) is 0 Å². The lowest BCUT2D eigenvalue weighted by atomic mass is 10.1. The van der Waals surface area contributed by atoms with Crippen LogP contribution in [0.2, 0.25) is 0 Å². The number of rotatable bonds is 2. The van der Waals surface area contributed by atoms with Crippen molar-refractivity contribution in [2.45, 2.75) is 19.4 Å². The number of hydrogen-bond acceptors (Lipinski definition) is 1. The third-order valence-electron chi connectivity index (χ3n) is 3.19. The Bertz CT molecular complexity index is 477. The topological polar surface area (TPSA) is 20.3 Å². The summed E-state index contributed by atoms with van der Waals surface area (Å²) in [6.07, 6.45) is 5.87. The van der Waals surface area contributed by atoms with Crippen LogP contribution < -0.4 is 0 Å². The van der Waals surface area contributed by atoms with E-state index in [0.717, 1.165) is 10.0 Å². The summed E-state index contributed by atoms with van der Waals surface area (Å²) < 4.78 is 1.03. The largest absolute Gasteiger partial charge is 0.335 e. The van der Waals surface area contributed by atoms with Crippen molar-refractivity contribution in [3.05, 3.63) is 34.3 Å². The van der Waals surface area contributed by atoms with Gasteiger partial charge < -0.3 is 4.90 Å². The lowest BCUT2D eigenvalue weighted by Crippen LogP contribution is -2.28. The Balaban J connectivity index is 2.19. The van der Waals surface area contributed by atoms with Crippen molar-refractivity contribution in [2.75, 3.05) is 6.54 Å². The molecule has 0 bridgehead atoms. The Morgan fingerprint density at radius 3 is 2.94 bits per heavy atom. The van der Waals surface area contributed by atoms with Gasteiger partial charge in [-0.1, -0.05) is 28.1 Å². The van der Waals surface area contributed by atoms with Gasteiger partial charge in [-0.2, -0.15) is 0 Å². The van der Waals surface area contributed by atoms with E-state index in [9.17, 15) is 4.79 Å². The van der Waals surface area contributed by atoms with Crippen LogP contribution in [0.4, 0.5) is 0 Å². The highest BCUT2D eigenvalue weighted by Crippen LogP contribution is 2.29. The van der Waals surface area contributed by atoms with Gasteiger partial charge in [0.2, 0.25) is 5.91 Å². The smallest absolute Gasteiger partial charge is 0.224 e. The molecule has 1 aliphatic heterocycles. The van der Waals surface area contributed by atoms with E-state index in [4.69, 9.17) is 6.42 Å². The highest BCUT2D eigenvalue weighted by molar-refractivity contribution is 9.10. The fraction of sp³-hybridized carbons (Fsp3) is 0.357. The number of carbonyl (C=O) groups is 1.